The number of nitro groups is 1. The van der Waals surface area contributed by atoms with E-state index in [-0.39, 0.29) is 18.0 Å². The fourth-order valence-corrected chi connectivity index (χ4v) is 1.91. The van der Waals surface area contributed by atoms with Gasteiger partial charge in [0.25, 0.3) is 5.69 Å². The number of ether oxygens (including phenoxy) is 1. The van der Waals surface area contributed by atoms with Gasteiger partial charge in [-0.3, -0.25) is 10.1 Å². The van der Waals surface area contributed by atoms with E-state index < -0.39 is 4.92 Å². The van der Waals surface area contributed by atoms with Crippen molar-refractivity contribution in [2.24, 2.45) is 0 Å². The predicted octanol–water partition coefficient (Wildman–Crippen LogP) is 3.64. The van der Waals surface area contributed by atoms with E-state index >= 15 is 0 Å². The Kier molecular flexibility index (Phi) is 4.01. The van der Waals surface area contributed by atoms with E-state index in [2.05, 4.69) is 15.9 Å². The highest BCUT2D eigenvalue weighted by atomic mass is 79.9. The molecule has 19 heavy (non-hydrogen) atoms. The van der Waals surface area contributed by atoms with E-state index in [9.17, 15) is 15.2 Å². The van der Waals surface area contributed by atoms with Crippen LogP contribution >= 0.6 is 15.9 Å². The molecule has 0 unspecified atom stereocenters. The molecule has 0 aliphatic carbocycles. The monoisotopic (exact) mass is 323 g/mol. The molecule has 0 bridgehead atoms. The third-order valence-electron chi connectivity index (χ3n) is 2.49. The summed E-state index contributed by atoms with van der Waals surface area (Å²) < 4.78 is 6.01. The number of benzene rings is 2. The van der Waals surface area contributed by atoms with Crippen molar-refractivity contribution < 1.29 is 14.8 Å². The molecule has 0 fully saturated rings. The average Bonchev–Trinajstić information content (AvgIpc) is 2.38. The molecule has 2 rings (SSSR count). The first-order chi connectivity index (χ1) is 9.08. The van der Waals surface area contributed by atoms with Crippen LogP contribution in [-0.4, -0.2) is 10.0 Å². The van der Waals surface area contributed by atoms with Gasteiger partial charge in [0.15, 0.2) is 11.5 Å². The highest BCUT2D eigenvalue weighted by molar-refractivity contribution is 9.10. The van der Waals surface area contributed by atoms with E-state index in [1.165, 1.54) is 12.1 Å². The van der Waals surface area contributed by atoms with E-state index in [0.29, 0.717) is 15.8 Å². The zero-order valence-corrected chi connectivity index (χ0v) is 11.3. The minimum Gasteiger partial charge on any atom is -0.504 e. The summed E-state index contributed by atoms with van der Waals surface area (Å²) in [5.41, 5.74) is 0.418. The predicted molar refractivity (Wildman–Crippen MR) is 73.2 cm³/mol. The summed E-state index contributed by atoms with van der Waals surface area (Å²) in [5.74, 6) is 0.294. The van der Waals surface area contributed by atoms with E-state index in [0.717, 1.165) is 0 Å². The molecule has 0 spiro atoms. The number of phenols is 1. The maximum Gasteiger partial charge on any atom is 0.277 e. The number of para-hydroxylation sites is 2. The van der Waals surface area contributed by atoms with Gasteiger partial charge >= 0.3 is 0 Å². The van der Waals surface area contributed by atoms with Crippen LogP contribution in [0.25, 0.3) is 0 Å². The first-order valence-corrected chi connectivity index (χ1v) is 6.21. The smallest absolute Gasteiger partial charge is 0.277 e. The third kappa shape index (κ3) is 3.23. The Hall–Kier alpha value is -2.08. The number of aromatic hydroxyl groups is 1. The second-order valence-electron chi connectivity index (χ2n) is 3.79. The number of phenolic OH excluding ortho intramolecular Hbond substituents is 1. The van der Waals surface area contributed by atoms with Crippen molar-refractivity contribution >= 4 is 21.6 Å². The van der Waals surface area contributed by atoms with Crippen LogP contribution in [-0.2, 0) is 6.61 Å². The summed E-state index contributed by atoms with van der Waals surface area (Å²) in [7, 11) is 0. The van der Waals surface area contributed by atoms with Gasteiger partial charge in [-0.2, -0.15) is 0 Å². The Labute approximate surface area is 117 Å². The number of rotatable bonds is 4. The SMILES string of the molecule is O=[N+]([O-])c1cc(Br)ccc1COc1ccccc1O. The number of halogens is 1. The maximum atomic E-state index is 10.9. The topological polar surface area (TPSA) is 72.6 Å². The molecule has 0 aliphatic rings. The summed E-state index contributed by atoms with van der Waals surface area (Å²) in [6.07, 6.45) is 0. The van der Waals surface area contributed by atoms with Crippen LogP contribution in [0.3, 0.4) is 0 Å². The number of hydrogen-bond donors (Lipinski definition) is 1. The molecule has 2 aromatic carbocycles. The van der Waals surface area contributed by atoms with Crippen LogP contribution < -0.4 is 4.74 Å². The van der Waals surface area contributed by atoms with E-state index in [1.807, 2.05) is 0 Å². The minimum absolute atomic E-state index is 0.00210. The van der Waals surface area contributed by atoms with E-state index in [1.54, 1.807) is 30.3 Å². The number of hydrogen-bond acceptors (Lipinski definition) is 4. The largest absolute Gasteiger partial charge is 0.504 e. The average molecular weight is 324 g/mol. The van der Waals surface area contributed by atoms with Gasteiger partial charge in [0.05, 0.1) is 10.5 Å². The molecule has 0 atom stereocenters. The Morgan fingerprint density at radius 2 is 2.00 bits per heavy atom. The lowest BCUT2D eigenvalue weighted by atomic mass is 10.2. The van der Waals surface area contributed by atoms with Crippen molar-refractivity contribution in [3.8, 4) is 11.5 Å². The minimum atomic E-state index is -0.464. The highest BCUT2D eigenvalue weighted by Gasteiger charge is 2.15. The van der Waals surface area contributed by atoms with Gasteiger partial charge in [-0.25, -0.2) is 0 Å². The van der Waals surface area contributed by atoms with Gasteiger partial charge in [0, 0.05) is 10.5 Å². The van der Waals surface area contributed by atoms with Crippen molar-refractivity contribution in [2.45, 2.75) is 6.61 Å². The molecule has 0 saturated carbocycles. The highest BCUT2D eigenvalue weighted by Crippen LogP contribution is 2.28. The fraction of sp³-hybridized carbons (Fsp3) is 0.0769. The van der Waals surface area contributed by atoms with Crippen LogP contribution in [0.1, 0.15) is 5.56 Å². The summed E-state index contributed by atoms with van der Waals surface area (Å²) >= 11 is 3.19. The second kappa shape index (κ2) is 5.71. The molecule has 0 radical (unpaired) electrons. The molecule has 0 aliphatic heterocycles. The van der Waals surface area contributed by atoms with Gasteiger partial charge in [0.2, 0.25) is 0 Å². The second-order valence-corrected chi connectivity index (χ2v) is 4.70. The van der Waals surface area contributed by atoms with Crippen molar-refractivity contribution in [1.82, 2.24) is 0 Å². The van der Waals surface area contributed by atoms with Crippen molar-refractivity contribution in [2.75, 3.05) is 0 Å². The quantitative estimate of drug-likeness (QED) is 0.688. The van der Waals surface area contributed by atoms with Crippen LogP contribution in [0.4, 0.5) is 5.69 Å². The van der Waals surface area contributed by atoms with Gasteiger partial charge in [-0.05, 0) is 24.3 Å². The van der Waals surface area contributed by atoms with Gasteiger partial charge < -0.3 is 9.84 Å². The lowest BCUT2D eigenvalue weighted by Crippen LogP contribution is -2.00. The van der Waals surface area contributed by atoms with Crippen LogP contribution in [0.2, 0.25) is 0 Å². The maximum absolute atomic E-state index is 10.9. The van der Waals surface area contributed by atoms with Crippen molar-refractivity contribution in [3.63, 3.8) is 0 Å². The summed E-state index contributed by atoms with van der Waals surface area (Å²) in [6.45, 7) is 0.0150. The fourth-order valence-electron chi connectivity index (χ4n) is 1.56. The molecule has 6 heteroatoms. The molecular formula is C13H10BrNO4. The molecule has 98 valence electrons. The standard InChI is InChI=1S/C13H10BrNO4/c14-10-6-5-9(11(7-10)15(17)18)8-19-13-4-2-1-3-12(13)16/h1-7,16H,8H2. The Morgan fingerprint density at radius 1 is 1.26 bits per heavy atom. The van der Waals surface area contributed by atoms with Gasteiger partial charge in [0.1, 0.15) is 6.61 Å². The summed E-state index contributed by atoms with van der Waals surface area (Å²) in [5, 5.41) is 20.5. The number of nitrogens with zero attached hydrogens (tertiary/aromatic N) is 1. The van der Waals surface area contributed by atoms with Crippen LogP contribution in [0, 0.1) is 10.1 Å². The molecular weight excluding hydrogens is 314 g/mol. The molecule has 1 N–H and O–H groups in total. The Balaban J connectivity index is 2.20. The molecule has 0 saturated heterocycles. The number of nitro benzene ring substituents is 1. The summed E-state index contributed by atoms with van der Waals surface area (Å²) in [6, 6.07) is 11.2. The summed E-state index contributed by atoms with van der Waals surface area (Å²) in [4.78, 5) is 10.5. The molecule has 0 heterocycles. The third-order valence-corrected chi connectivity index (χ3v) is 2.99. The first kappa shape index (κ1) is 13.4. The van der Waals surface area contributed by atoms with Gasteiger partial charge in [-0.15, -0.1) is 0 Å². The lowest BCUT2D eigenvalue weighted by Gasteiger charge is -2.08. The molecule has 0 amide bonds. The Morgan fingerprint density at radius 3 is 2.68 bits per heavy atom. The normalized spacial score (nSPS) is 10.2. The zero-order chi connectivity index (χ0) is 13.8. The van der Waals surface area contributed by atoms with Crippen molar-refractivity contribution in [1.29, 1.82) is 0 Å². The van der Waals surface area contributed by atoms with Crippen molar-refractivity contribution in [3.05, 3.63) is 62.6 Å². The molecule has 5 nitrogen and oxygen atoms in total. The first-order valence-electron chi connectivity index (χ1n) is 5.41. The Bertz CT molecular complexity index is 615. The lowest BCUT2D eigenvalue weighted by molar-refractivity contribution is -0.385. The van der Waals surface area contributed by atoms with Crippen LogP contribution in [0.5, 0.6) is 11.5 Å². The van der Waals surface area contributed by atoms with E-state index in [4.69, 9.17) is 4.74 Å². The van der Waals surface area contributed by atoms with Gasteiger partial charge in [-0.1, -0.05) is 28.1 Å². The van der Waals surface area contributed by atoms with Crippen LogP contribution in [0.15, 0.2) is 46.9 Å². The molecule has 2 aromatic rings. The zero-order valence-electron chi connectivity index (χ0n) is 9.75. The molecule has 0 aromatic heterocycles.